The van der Waals surface area contributed by atoms with Crippen LogP contribution in [0.15, 0.2) is 18.3 Å². The van der Waals surface area contributed by atoms with E-state index in [1.165, 1.54) is 12.0 Å². The molecule has 0 radical (unpaired) electrons. The summed E-state index contributed by atoms with van der Waals surface area (Å²) in [6, 6.07) is 4.16. The molecule has 3 heteroatoms. The van der Waals surface area contributed by atoms with Crippen molar-refractivity contribution in [2.75, 3.05) is 7.11 Å². The molecular formula is C18H27NO2. The van der Waals surface area contributed by atoms with Crippen LogP contribution in [0.2, 0.25) is 0 Å². The molecule has 1 saturated carbocycles. The van der Waals surface area contributed by atoms with Gasteiger partial charge in [0.25, 0.3) is 0 Å². The average molecular weight is 289 g/mol. The predicted octanol–water partition coefficient (Wildman–Crippen LogP) is 3.46. The van der Waals surface area contributed by atoms with Gasteiger partial charge in [-0.05, 0) is 49.7 Å². The summed E-state index contributed by atoms with van der Waals surface area (Å²) >= 11 is 0. The molecule has 1 aromatic rings. The van der Waals surface area contributed by atoms with E-state index in [1.807, 2.05) is 12.3 Å². The lowest BCUT2D eigenvalue weighted by Crippen LogP contribution is -2.50. The van der Waals surface area contributed by atoms with E-state index >= 15 is 0 Å². The highest BCUT2D eigenvalue weighted by molar-refractivity contribution is 5.28. The summed E-state index contributed by atoms with van der Waals surface area (Å²) in [5, 5.41) is 11.1. The first-order valence-corrected chi connectivity index (χ1v) is 8.33. The maximum absolute atomic E-state index is 11.1. The molecule has 1 aromatic heterocycles. The Morgan fingerprint density at radius 2 is 2.24 bits per heavy atom. The molecule has 1 heterocycles. The Kier molecular flexibility index (Phi) is 4.32. The number of ether oxygens (including phenoxy) is 1. The number of aliphatic hydroxyl groups is 1. The van der Waals surface area contributed by atoms with Crippen molar-refractivity contribution in [3.8, 4) is 0 Å². The SMILES string of the molecule is COC1(C(O)C2CCCc3cccnc32)CCCC(C)C1. The first-order valence-electron chi connectivity index (χ1n) is 8.33. The van der Waals surface area contributed by atoms with E-state index in [1.54, 1.807) is 7.11 Å². The zero-order chi connectivity index (χ0) is 14.9. The Hall–Kier alpha value is -0.930. The molecule has 116 valence electrons. The largest absolute Gasteiger partial charge is 0.389 e. The summed E-state index contributed by atoms with van der Waals surface area (Å²) < 4.78 is 5.90. The molecule has 0 bridgehead atoms. The van der Waals surface area contributed by atoms with Gasteiger partial charge >= 0.3 is 0 Å². The van der Waals surface area contributed by atoms with Gasteiger partial charge in [0.05, 0.1) is 11.7 Å². The number of aromatic nitrogens is 1. The smallest absolute Gasteiger partial charge is 0.0945 e. The molecular weight excluding hydrogens is 262 g/mol. The van der Waals surface area contributed by atoms with Crippen molar-refractivity contribution in [1.82, 2.24) is 4.98 Å². The number of pyridine rings is 1. The van der Waals surface area contributed by atoms with Gasteiger partial charge in [-0.1, -0.05) is 25.8 Å². The minimum Gasteiger partial charge on any atom is -0.389 e. The van der Waals surface area contributed by atoms with Gasteiger partial charge in [0.15, 0.2) is 0 Å². The van der Waals surface area contributed by atoms with Crippen molar-refractivity contribution < 1.29 is 9.84 Å². The van der Waals surface area contributed by atoms with E-state index < -0.39 is 6.10 Å². The molecule has 4 unspecified atom stereocenters. The molecule has 21 heavy (non-hydrogen) atoms. The molecule has 0 spiro atoms. The lowest BCUT2D eigenvalue weighted by Gasteiger charge is -2.45. The highest BCUT2D eigenvalue weighted by Crippen LogP contribution is 2.44. The van der Waals surface area contributed by atoms with Crippen LogP contribution in [0.25, 0.3) is 0 Å². The van der Waals surface area contributed by atoms with Crippen LogP contribution in [0.1, 0.15) is 62.6 Å². The highest BCUT2D eigenvalue weighted by Gasteiger charge is 2.46. The van der Waals surface area contributed by atoms with Gasteiger partial charge in [-0.15, -0.1) is 0 Å². The Balaban J connectivity index is 1.89. The van der Waals surface area contributed by atoms with Gasteiger partial charge in [-0.25, -0.2) is 0 Å². The molecule has 0 saturated heterocycles. The van der Waals surface area contributed by atoms with E-state index in [-0.39, 0.29) is 11.5 Å². The van der Waals surface area contributed by atoms with E-state index in [9.17, 15) is 5.11 Å². The molecule has 3 nitrogen and oxygen atoms in total. The third-order valence-electron chi connectivity index (χ3n) is 5.56. The van der Waals surface area contributed by atoms with Gasteiger partial charge in [-0.2, -0.15) is 0 Å². The molecule has 1 fully saturated rings. The number of hydrogen-bond acceptors (Lipinski definition) is 3. The Morgan fingerprint density at radius 1 is 1.38 bits per heavy atom. The maximum atomic E-state index is 11.1. The molecule has 0 aliphatic heterocycles. The average Bonchev–Trinajstić information content (AvgIpc) is 2.53. The highest BCUT2D eigenvalue weighted by atomic mass is 16.5. The van der Waals surface area contributed by atoms with Crippen molar-refractivity contribution in [3.05, 3.63) is 29.6 Å². The Morgan fingerprint density at radius 3 is 3.00 bits per heavy atom. The van der Waals surface area contributed by atoms with Crippen molar-refractivity contribution in [1.29, 1.82) is 0 Å². The second kappa shape index (κ2) is 6.05. The monoisotopic (exact) mass is 289 g/mol. The summed E-state index contributed by atoms with van der Waals surface area (Å²) in [5.74, 6) is 0.750. The third kappa shape index (κ3) is 2.74. The van der Waals surface area contributed by atoms with Crippen LogP contribution < -0.4 is 0 Å². The number of fused-ring (bicyclic) bond motifs is 1. The minimum absolute atomic E-state index is 0.125. The molecule has 0 amide bonds. The molecule has 2 aliphatic rings. The predicted molar refractivity (Wildman–Crippen MR) is 83.3 cm³/mol. The van der Waals surface area contributed by atoms with Crippen LogP contribution >= 0.6 is 0 Å². The summed E-state index contributed by atoms with van der Waals surface area (Å²) in [6.45, 7) is 2.27. The van der Waals surface area contributed by atoms with Gasteiger partial charge in [0.2, 0.25) is 0 Å². The fraction of sp³-hybridized carbons (Fsp3) is 0.722. The lowest BCUT2D eigenvalue weighted by atomic mass is 9.69. The third-order valence-corrected chi connectivity index (χ3v) is 5.56. The molecule has 1 N–H and O–H groups in total. The summed E-state index contributed by atoms with van der Waals surface area (Å²) in [4.78, 5) is 4.59. The van der Waals surface area contributed by atoms with Crippen LogP contribution in [-0.4, -0.2) is 28.9 Å². The topological polar surface area (TPSA) is 42.4 Å². The van der Waals surface area contributed by atoms with Crippen LogP contribution in [0, 0.1) is 5.92 Å². The lowest BCUT2D eigenvalue weighted by molar-refractivity contribution is -0.141. The zero-order valence-corrected chi connectivity index (χ0v) is 13.2. The first kappa shape index (κ1) is 15.0. The van der Waals surface area contributed by atoms with Crippen molar-refractivity contribution >= 4 is 0 Å². The van der Waals surface area contributed by atoms with E-state index in [4.69, 9.17) is 4.74 Å². The second-order valence-electron chi connectivity index (χ2n) is 6.96. The summed E-state index contributed by atoms with van der Waals surface area (Å²) in [6.07, 6.45) is 8.97. The normalized spacial score (nSPS) is 34.2. The first-order chi connectivity index (χ1) is 10.2. The molecule has 0 aromatic carbocycles. The molecule has 3 rings (SSSR count). The van der Waals surface area contributed by atoms with Crippen molar-refractivity contribution in [2.45, 2.75) is 69.5 Å². The van der Waals surface area contributed by atoms with Crippen LogP contribution in [0.5, 0.6) is 0 Å². The zero-order valence-electron chi connectivity index (χ0n) is 13.2. The number of hydrogen-bond donors (Lipinski definition) is 1. The molecule has 4 atom stereocenters. The van der Waals surface area contributed by atoms with Gasteiger partial charge in [0, 0.05) is 24.9 Å². The van der Waals surface area contributed by atoms with E-state index in [0.717, 1.165) is 44.2 Å². The fourth-order valence-corrected chi connectivity index (χ4v) is 4.44. The maximum Gasteiger partial charge on any atom is 0.0945 e. The fourth-order valence-electron chi connectivity index (χ4n) is 4.44. The minimum atomic E-state index is -0.445. The van der Waals surface area contributed by atoms with E-state index in [2.05, 4.69) is 18.0 Å². The standard InChI is InChI=1S/C18H27NO2/c1-13-6-4-10-18(12-13,21-2)17(20)15-9-3-7-14-8-5-11-19-16(14)15/h5,8,11,13,15,17,20H,3-4,6-7,9-10,12H2,1-2H3. The van der Waals surface area contributed by atoms with Crippen molar-refractivity contribution in [2.24, 2.45) is 5.92 Å². The van der Waals surface area contributed by atoms with E-state index in [0.29, 0.717) is 5.92 Å². The van der Waals surface area contributed by atoms with Gasteiger partial charge in [0.1, 0.15) is 0 Å². The second-order valence-corrected chi connectivity index (χ2v) is 6.96. The van der Waals surface area contributed by atoms with Gasteiger partial charge < -0.3 is 9.84 Å². The Bertz CT molecular complexity index is 490. The number of aryl methyl sites for hydroxylation is 1. The quantitative estimate of drug-likeness (QED) is 0.926. The van der Waals surface area contributed by atoms with Gasteiger partial charge in [-0.3, -0.25) is 4.98 Å². The number of methoxy groups -OCH3 is 1. The van der Waals surface area contributed by atoms with Crippen LogP contribution in [0.4, 0.5) is 0 Å². The molecule has 2 aliphatic carbocycles. The van der Waals surface area contributed by atoms with Crippen LogP contribution in [-0.2, 0) is 11.2 Å². The number of nitrogens with zero attached hydrogens (tertiary/aromatic N) is 1. The number of rotatable bonds is 3. The van der Waals surface area contributed by atoms with Crippen molar-refractivity contribution in [3.63, 3.8) is 0 Å². The Labute approximate surface area is 127 Å². The summed E-state index contributed by atoms with van der Waals surface area (Å²) in [5.41, 5.74) is 2.03. The summed E-state index contributed by atoms with van der Waals surface area (Å²) in [7, 11) is 1.77. The van der Waals surface area contributed by atoms with Crippen LogP contribution in [0.3, 0.4) is 0 Å². The number of aliphatic hydroxyl groups excluding tert-OH is 1.